The summed E-state index contributed by atoms with van der Waals surface area (Å²) < 4.78 is 27.0. The van der Waals surface area contributed by atoms with E-state index in [0.717, 1.165) is 11.3 Å². The first kappa shape index (κ1) is 16.1. The van der Waals surface area contributed by atoms with Crippen LogP contribution in [-0.4, -0.2) is 23.7 Å². The second-order valence-electron chi connectivity index (χ2n) is 2.41. The summed E-state index contributed by atoms with van der Waals surface area (Å²) in [7, 11) is -3.55. The van der Waals surface area contributed by atoms with Gasteiger partial charge in [-0.25, -0.2) is 4.98 Å². The van der Waals surface area contributed by atoms with E-state index < -0.39 is 10.1 Å². The van der Waals surface area contributed by atoms with E-state index in [1.54, 1.807) is 5.38 Å². The monoisotopic (exact) mass is 295 g/mol. The standard InChI is InChI=1S/C6H9NO3S4.Na.H/c8-14(9,4-1-5(11)12)10-6-7-2-3-13-6;;/h2-3,5,11-12H,1,4H2;;/q;+1;-1. The van der Waals surface area contributed by atoms with Gasteiger partial charge in [0.15, 0.2) is 0 Å². The first-order valence-corrected chi connectivity index (χ1v) is 7.16. The van der Waals surface area contributed by atoms with Gasteiger partial charge in [-0.15, -0.1) is 0 Å². The first-order chi connectivity index (χ1) is 6.49. The maximum absolute atomic E-state index is 11.3. The van der Waals surface area contributed by atoms with Crippen molar-refractivity contribution in [1.29, 1.82) is 0 Å². The number of thiol groups is 2. The van der Waals surface area contributed by atoms with Crippen LogP contribution in [0.2, 0.25) is 0 Å². The molecular weight excluding hydrogens is 285 g/mol. The van der Waals surface area contributed by atoms with Crippen LogP contribution in [0, 0.1) is 0 Å². The quantitative estimate of drug-likeness (QED) is 0.302. The minimum absolute atomic E-state index is 0. The van der Waals surface area contributed by atoms with Crippen molar-refractivity contribution in [3.63, 3.8) is 0 Å². The molecule has 0 aliphatic heterocycles. The minimum Gasteiger partial charge on any atom is -1.00 e. The van der Waals surface area contributed by atoms with E-state index in [1.807, 2.05) is 0 Å². The number of nitrogens with zero attached hydrogens (tertiary/aromatic N) is 1. The Balaban J connectivity index is 0. The van der Waals surface area contributed by atoms with Gasteiger partial charge in [0, 0.05) is 16.2 Å². The molecule has 1 aromatic rings. The Labute approximate surface area is 128 Å². The fraction of sp³-hybridized carbons (Fsp3) is 0.500. The number of hydrogen-bond acceptors (Lipinski definition) is 7. The summed E-state index contributed by atoms with van der Waals surface area (Å²) in [5.41, 5.74) is 0. The maximum atomic E-state index is 11.3. The Morgan fingerprint density at radius 3 is 2.73 bits per heavy atom. The van der Waals surface area contributed by atoms with E-state index in [1.165, 1.54) is 6.20 Å². The van der Waals surface area contributed by atoms with Gasteiger partial charge in [0.2, 0.25) is 0 Å². The summed E-state index contributed by atoms with van der Waals surface area (Å²) in [4.78, 5) is 3.71. The molecule has 0 amide bonds. The van der Waals surface area contributed by atoms with Crippen molar-refractivity contribution in [2.45, 2.75) is 11.0 Å². The van der Waals surface area contributed by atoms with E-state index in [2.05, 4.69) is 30.2 Å². The van der Waals surface area contributed by atoms with Crippen LogP contribution < -0.4 is 33.7 Å². The predicted molar refractivity (Wildman–Crippen MR) is 64.0 cm³/mol. The van der Waals surface area contributed by atoms with Crippen molar-refractivity contribution in [2.24, 2.45) is 0 Å². The third-order valence-corrected chi connectivity index (χ3v) is 3.65. The van der Waals surface area contributed by atoms with E-state index in [-0.39, 0.29) is 46.5 Å². The van der Waals surface area contributed by atoms with Gasteiger partial charge in [-0.05, 0) is 6.42 Å². The molecule has 9 heteroatoms. The van der Waals surface area contributed by atoms with Crippen LogP contribution in [0.5, 0.6) is 5.19 Å². The summed E-state index contributed by atoms with van der Waals surface area (Å²) in [6, 6.07) is 0. The van der Waals surface area contributed by atoms with Crippen LogP contribution >= 0.6 is 36.6 Å². The molecule has 4 nitrogen and oxygen atoms in total. The topological polar surface area (TPSA) is 56.3 Å². The molecule has 82 valence electrons. The molecule has 0 fully saturated rings. The van der Waals surface area contributed by atoms with Gasteiger partial charge in [-0.1, -0.05) is 11.3 Å². The zero-order valence-electron chi connectivity index (χ0n) is 9.03. The number of thiazole rings is 1. The smallest absolute Gasteiger partial charge is 1.00 e. The van der Waals surface area contributed by atoms with Gasteiger partial charge in [-0.3, -0.25) is 0 Å². The Kier molecular flexibility index (Phi) is 7.95. The minimum atomic E-state index is -3.55. The molecule has 0 unspecified atom stereocenters. The van der Waals surface area contributed by atoms with Crippen molar-refractivity contribution in [3.8, 4) is 5.19 Å². The van der Waals surface area contributed by atoms with Crippen LogP contribution in [0.1, 0.15) is 7.85 Å². The van der Waals surface area contributed by atoms with Gasteiger partial charge < -0.3 is 5.61 Å². The molecule has 0 aliphatic carbocycles. The fourth-order valence-corrected chi connectivity index (χ4v) is 2.96. The van der Waals surface area contributed by atoms with Crippen molar-refractivity contribution < 1.29 is 43.6 Å². The molecular formula is C6H10NNaO3S4. The molecule has 1 heterocycles. The van der Waals surface area contributed by atoms with Gasteiger partial charge in [-0.2, -0.15) is 33.7 Å². The molecule has 0 bridgehead atoms. The van der Waals surface area contributed by atoms with Crippen LogP contribution in [0.15, 0.2) is 11.6 Å². The third-order valence-electron chi connectivity index (χ3n) is 1.23. The van der Waals surface area contributed by atoms with E-state index in [4.69, 9.17) is 4.18 Å². The van der Waals surface area contributed by atoms with E-state index in [9.17, 15) is 8.42 Å². The van der Waals surface area contributed by atoms with Gasteiger partial charge in [0.25, 0.3) is 5.19 Å². The molecule has 0 spiro atoms. The number of aromatic nitrogens is 1. The summed E-state index contributed by atoms with van der Waals surface area (Å²) in [5, 5.41) is 1.78. The zero-order valence-corrected chi connectivity index (χ0v) is 13.5. The molecule has 0 N–H and O–H groups in total. The van der Waals surface area contributed by atoms with Gasteiger partial charge in [0.1, 0.15) is 0 Å². The van der Waals surface area contributed by atoms with Gasteiger partial charge >= 0.3 is 39.7 Å². The number of hydrogen-bond donors (Lipinski definition) is 2. The normalized spacial score (nSPS) is 11.1. The Morgan fingerprint density at radius 2 is 2.27 bits per heavy atom. The second-order valence-corrected chi connectivity index (χ2v) is 6.61. The van der Waals surface area contributed by atoms with Crippen molar-refractivity contribution >= 4 is 46.7 Å². The molecule has 0 aromatic carbocycles. The Morgan fingerprint density at radius 1 is 1.60 bits per heavy atom. The molecule has 1 aromatic heterocycles. The average molecular weight is 295 g/mol. The van der Waals surface area contributed by atoms with Gasteiger partial charge in [0.05, 0.1) is 5.75 Å². The predicted octanol–water partition coefficient (Wildman–Crippen LogP) is -1.46. The van der Waals surface area contributed by atoms with Crippen LogP contribution in [0.3, 0.4) is 0 Å². The Hall–Kier alpha value is 1.08. The first-order valence-electron chi connectivity index (χ1n) is 3.67. The molecule has 15 heavy (non-hydrogen) atoms. The summed E-state index contributed by atoms with van der Waals surface area (Å²) >= 11 is 9.04. The molecule has 0 atom stereocenters. The largest absolute Gasteiger partial charge is 1.00 e. The summed E-state index contributed by atoms with van der Waals surface area (Å²) in [5.74, 6) is -0.107. The van der Waals surface area contributed by atoms with Crippen LogP contribution in [0.4, 0.5) is 0 Å². The van der Waals surface area contributed by atoms with Crippen molar-refractivity contribution in [3.05, 3.63) is 11.6 Å². The summed E-state index contributed by atoms with van der Waals surface area (Å²) in [6.07, 6.45) is 1.81. The van der Waals surface area contributed by atoms with E-state index >= 15 is 0 Å². The average Bonchev–Trinajstić information content (AvgIpc) is 2.53. The number of rotatable bonds is 5. The third kappa shape index (κ3) is 7.09. The summed E-state index contributed by atoms with van der Waals surface area (Å²) in [6.45, 7) is 0. The van der Waals surface area contributed by atoms with E-state index in [0.29, 0.717) is 6.42 Å². The fourth-order valence-electron chi connectivity index (χ4n) is 0.652. The molecule has 0 saturated carbocycles. The second kappa shape index (κ2) is 7.41. The van der Waals surface area contributed by atoms with Crippen LogP contribution in [-0.2, 0) is 10.1 Å². The Bertz CT molecular complexity index is 369. The van der Waals surface area contributed by atoms with Crippen LogP contribution in [0.25, 0.3) is 0 Å². The SMILES string of the molecule is O=S(=O)(CCC(S)S)Oc1nccs1.[H-].[Na+]. The molecule has 0 radical (unpaired) electrons. The molecule has 0 saturated heterocycles. The van der Waals surface area contributed by atoms with Crippen molar-refractivity contribution in [2.75, 3.05) is 5.75 Å². The molecule has 1 rings (SSSR count). The molecule has 0 aliphatic rings. The maximum Gasteiger partial charge on any atom is 1.00 e. The zero-order chi connectivity index (χ0) is 10.6. The van der Waals surface area contributed by atoms with Crippen molar-refractivity contribution in [1.82, 2.24) is 4.98 Å².